The van der Waals surface area contributed by atoms with Gasteiger partial charge in [-0.1, -0.05) is 12.6 Å². The zero-order valence-corrected chi connectivity index (χ0v) is 10.1. The van der Waals surface area contributed by atoms with Gasteiger partial charge in [0.25, 0.3) is 0 Å². The molecule has 1 N–H and O–H groups in total. The number of hydrogen-bond acceptors (Lipinski definition) is 2. The fourth-order valence-corrected chi connectivity index (χ4v) is 1.25. The predicted molar refractivity (Wildman–Crippen MR) is 42.1 cm³/mol. The summed E-state index contributed by atoms with van der Waals surface area (Å²) >= 11 is 1.38. The van der Waals surface area contributed by atoms with E-state index in [-0.39, 0.29) is 58.4 Å². The molecule has 1 aromatic heterocycles. The van der Waals surface area contributed by atoms with Crippen LogP contribution in [0.4, 0.5) is 0 Å². The van der Waals surface area contributed by atoms with Crippen LogP contribution in [0.15, 0.2) is 24.1 Å². The van der Waals surface area contributed by atoms with E-state index in [1.807, 2.05) is 5.38 Å². The van der Waals surface area contributed by atoms with Gasteiger partial charge in [-0.2, -0.15) is 0 Å². The van der Waals surface area contributed by atoms with Gasteiger partial charge in [0.2, 0.25) is 0 Å². The maximum atomic E-state index is 10.3. The predicted octanol–water partition coefficient (Wildman–Crippen LogP) is -1.04. The Morgan fingerprint density at radius 3 is 2.73 bits per heavy atom. The zero-order chi connectivity index (χ0) is 7.56. The fraction of sp³-hybridized carbons (Fsp3) is 0. The molecule has 1 aromatic rings. The molecule has 2 nitrogen and oxygen atoms in total. The average Bonchev–Trinajstić information content (AvgIpc) is 2.36. The van der Waals surface area contributed by atoms with Crippen molar-refractivity contribution in [3.05, 3.63) is 29.0 Å². The molecule has 1 heterocycles. The summed E-state index contributed by atoms with van der Waals surface area (Å²) in [6.07, 6.45) is 0. The first-order valence-corrected chi connectivity index (χ1v) is 3.56. The Kier molecular flexibility index (Phi) is 5.50. The number of thiophene rings is 1. The van der Waals surface area contributed by atoms with Gasteiger partial charge in [0.1, 0.15) is 0 Å². The van der Waals surface area contributed by atoms with Gasteiger partial charge in [0.05, 0.1) is 5.57 Å². The first-order valence-electron chi connectivity index (χ1n) is 2.68. The first kappa shape index (κ1) is 11.5. The molecule has 0 unspecified atom stereocenters. The van der Waals surface area contributed by atoms with Crippen LogP contribution in [0.5, 0.6) is 0 Å². The Hall–Kier alpha value is 0.546. The summed E-state index contributed by atoms with van der Waals surface area (Å²) in [5, 5.41) is 10.3. The van der Waals surface area contributed by atoms with Crippen molar-refractivity contribution in [2.45, 2.75) is 0 Å². The molecule has 11 heavy (non-hydrogen) atoms. The summed E-state index contributed by atoms with van der Waals surface area (Å²) in [4.78, 5) is 11.0. The van der Waals surface area contributed by atoms with Crippen LogP contribution in [0.1, 0.15) is 6.30 Å². The van der Waals surface area contributed by atoms with Crippen molar-refractivity contribution < 1.29 is 62.7 Å². The van der Waals surface area contributed by atoms with E-state index in [0.717, 1.165) is 0 Å². The Bertz CT molecular complexity index is 258. The molecule has 54 valence electrons. The van der Waals surface area contributed by atoms with Crippen LogP contribution in [0.25, 0.3) is 5.57 Å². The van der Waals surface area contributed by atoms with E-state index in [9.17, 15) is 4.79 Å². The molecule has 0 aromatic carbocycles. The summed E-state index contributed by atoms with van der Waals surface area (Å²) in [5.41, 5.74) is 0.162. The van der Waals surface area contributed by atoms with Gasteiger partial charge in [-0.05, 0) is 11.4 Å². The van der Waals surface area contributed by atoms with E-state index < -0.39 is 5.97 Å². The summed E-state index contributed by atoms with van der Waals surface area (Å²) < 4.78 is 0. The summed E-state index contributed by atoms with van der Waals surface area (Å²) in [5.74, 6) is -0.956. The van der Waals surface area contributed by atoms with E-state index in [0.29, 0.717) is 4.88 Å². The van der Waals surface area contributed by atoms with Crippen molar-refractivity contribution in [3.63, 3.8) is 0 Å². The maximum absolute atomic E-state index is 10.3. The van der Waals surface area contributed by atoms with E-state index in [4.69, 9.17) is 5.11 Å². The smallest absolute Gasteiger partial charge is 1.00 e. The third kappa shape index (κ3) is 3.19. The van der Waals surface area contributed by atoms with Gasteiger partial charge in [-0.25, -0.2) is 4.79 Å². The Labute approximate surface area is 113 Å². The standard InChI is InChI=1S/C7H6O2S.K.H/c1-5(7(8)9)6-3-2-4-10-6;;/h2-4H,1H2,(H,8,9);;/q;+1;-1. The Morgan fingerprint density at radius 2 is 2.36 bits per heavy atom. The number of hydrogen-bond donors (Lipinski definition) is 1. The topological polar surface area (TPSA) is 37.3 Å². The molecule has 0 spiro atoms. The second kappa shape index (κ2) is 5.24. The van der Waals surface area contributed by atoms with Gasteiger partial charge in [0.15, 0.2) is 0 Å². The molecule has 0 aliphatic carbocycles. The maximum Gasteiger partial charge on any atom is 1.00 e. The van der Waals surface area contributed by atoms with E-state index in [1.54, 1.807) is 12.1 Å². The molecule has 0 saturated heterocycles. The SMILES string of the molecule is C=C(C(=O)O)c1cccs1.[H-].[K+]. The molecular weight excluding hydrogens is 187 g/mol. The Balaban J connectivity index is 0. The molecule has 1 rings (SSSR count). The molecule has 0 fully saturated rings. The van der Waals surface area contributed by atoms with E-state index in [1.165, 1.54) is 11.3 Å². The second-order valence-electron chi connectivity index (χ2n) is 1.76. The van der Waals surface area contributed by atoms with Gasteiger partial charge < -0.3 is 6.53 Å². The Morgan fingerprint density at radius 1 is 1.73 bits per heavy atom. The molecule has 4 heteroatoms. The summed E-state index contributed by atoms with van der Waals surface area (Å²) in [6, 6.07) is 3.54. The van der Waals surface area contributed by atoms with Crippen LogP contribution in [0.2, 0.25) is 0 Å². The third-order valence-electron chi connectivity index (χ3n) is 1.08. The molecule has 0 radical (unpaired) electrons. The number of rotatable bonds is 2. The normalized spacial score (nSPS) is 8.36. The second-order valence-corrected chi connectivity index (χ2v) is 2.71. The molecule has 0 atom stereocenters. The van der Waals surface area contributed by atoms with Crippen molar-refractivity contribution in [3.8, 4) is 0 Å². The van der Waals surface area contributed by atoms with Crippen molar-refractivity contribution in [2.24, 2.45) is 0 Å². The van der Waals surface area contributed by atoms with Crippen molar-refractivity contribution in [1.29, 1.82) is 0 Å². The fourth-order valence-electron chi connectivity index (χ4n) is 0.556. The van der Waals surface area contributed by atoms with Gasteiger partial charge >= 0.3 is 57.4 Å². The monoisotopic (exact) mass is 194 g/mol. The molecule has 0 amide bonds. The number of aliphatic carboxylic acids is 1. The van der Waals surface area contributed by atoms with Crippen LogP contribution in [-0.4, -0.2) is 11.1 Å². The number of carbonyl (C=O) groups is 1. The minimum atomic E-state index is -0.956. The third-order valence-corrected chi connectivity index (χ3v) is 2.01. The van der Waals surface area contributed by atoms with Crippen LogP contribution in [-0.2, 0) is 4.79 Å². The largest absolute Gasteiger partial charge is 1.00 e. The van der Waals surface area contributed by atoms with Crippen LogP contribution in [0.3, 0.4) is 0 Å². The van der Waals surface area contributed by atoms with Crippen molar-refractivity contribution in [2.75, 3.05) is 0 Å². The zero-order valence-electron chi connectivity index (χ0n) is 7.20. The van der Waals surface area contributed by atoms with Crippen LogP contribution in [0, 0.1) is 0 Å². The van der Waals surface area contributed by atoms with Gasteiger partial charge in [-0.15, -0.1) is 11.3 Å². The molecular formula is C7H7KO2S. The van der Waals surface area contributed by atoms with Crippen LogP contribution >= 0.6 is 11.3 Å². The summed E-state index contributed by atoms with van der Waals surface area (Å²) in [7, 11) is 0. The first-order chi connectivity index (χ1) is 4.72. The van der Waals surface area contributed by atoms with E-state index >= 15 is 0 Å². The van der Waals surface area contributed by atoms with Gasteiger partial charge in [-0.3, -0.25) is 0 Å². The summed E-state index contributed by atoms with van der Waals surface area (Å²) in [6.45, 7) is 3.41. The molecule has 0 aliphatic rings. The molecule has 0 saturated carbocycles. The minimum Gasteiger partial charge on any atom is -1.00 e. The minimum absolute atomic E-state index is 0. The number of carboxylic acids is 1. The average molecular weight is 194 g/mol. The van der Waals surface area contributed by atoms with Crippen LogP contribution < -0.4 is 51.4 Å². The van der Waals surface area contributed by atoms with Crippen molar-refractivity contribution >= 4 is 22.9 Å². The quantitative estimate of drug-likeness (QED) is 0.482. The molecule has 0 bridgehead atoms. The van der Waals surface area contributed by atoms with E-state index in [2.05, 4.69) is 6.58 Å². The molecule has 0 aliphatic heterocycles. The number of carboxylic acid groups (broad SMARTS) is 1. The van der Waals surface area contributed by atoms with Gasteiger partial charge in [0, 0.05) is 4.88 Å². The van der Waals surface area contributed by atoms with Crippen molar-refractivity contribution in [1.82, 2.24) is 0 Å².